The molecule has 0 spiro atoms. The number of amides is 1. The normalized spacial score (nSPS) is 17.0. The van der Waals surface area contributed by atoms with Gasteiger partial charge in [0.2, 0.25) is 10.0 Å². The zero-order valence-corrected chi connectivity index (χ0v) is 18.6. The molecule has 1 N–H and O–H groups in total. The Hall–Kier alpha value is -1.89. The van der Waals surface area contributed by atoms with Gasteiger partial charge < -0.3 is 0 Å². The van der Waals surface area contributed by atoms with E-state index in [0.717, 1.165) is 47.5 Å². The van der Waals surface area contributed by atoms with Crippen LogP contribution in [0.5, 0.6) is 0 Å². The van der Waals surface area contributed by atoms with Gasteiger partial charge in [-0.2, -0.15) is 5.10 Å². The van der Waals surface area contributed by atoms with Crippen LogP contribution in [0.15, 0.2) is 29.4 Å². The Morgan fingerprint density at radius 3 is 2.00 bits per heavy atom. The van der Waals surface area contributed by atoms with Crippen molar-refractivity contribution in [1.29, 1.82) is 0 Å². The van der Waals surface area contributed by atoms with E-state index in [4.69, 9.17) is 0 Å². The highest BCUT2D eigenvalue weighted by Crippen LogP contribution is 2.21. The van der Waals surface area contributed by atoms with Gasteiger partial charge in [0.1, 0.15) is 6.54 Å². The van der Waals surface area contributed by atoms with Crippen molar-refractivity contribution in [1.82, 2.24) is 5.43 Å². The van der Waals surface area contributed by atoms with Gasteiger partial charge in [0.25, 0.3) is 5.91 Å². The first-order valence-corrected chi connectivity index (χ1v) is 12.6. The molecule has 0 radical (unpaired) electrons. The van der Waals surface area contributed by atoms with E-state index in [9.17, 15) is 13.2 Å². The maximum Gasteiger partial charge on any atom is 0.260 e. The van der Waals surface area contributed by atoms with Gasteiger partial charge in [-0.1, -0.05) is 63.1 Å². The number of hydrogen-bond acceptors (Lipinski definition) is 4. The number of carbonyl (C=O) groups is 1. The van der Waals surface area contributed by atoms with Crippen LogP contribution in [0.3, 0.4) is 0 Å². The minimum atomic E-state index is -3.58. The highest BCUT2D eigenvalue weighted by molar-refractivity contribution is 7.92. The third-order valence-electron chi connectivity index (χ3n) is 5.34. The fraction of sp³-hybridized carbons (Fsp3) is 0.636. The second kappa shape index (κ2) is 12.0. The minimum Gasteiger partial charge on any atom is -0.271 e. The Morgan fingerprint density at radius 1 is 0.966 bits per heavy atom. The van der Waals surface area contributed by atoms with Crippen LogP contribution in [-0.2, 0) is 14.8 Å². The molecule has 1 saturated carbocycles. The lowest BCUT2D eigenvalue weighted by molar-refractivity contribution is -0.119. The fourth-order valence-electron chi connectivity index (χ4n) is 3.66. The summed E-state index contributed by atoms with van der Waals surface area (Å²) in [6.45, 7) is 1.55. The lowest BCUT2D eigenvalue weighted by Crippen LogP contribution is -2.39. The van der Waals surface area contributed by atoms with Crippen LogP contribution in [-0.4, -0.2) is 32.8 Å². The smallest absolute Gasteiger partial charge is 0.260 e. The second-order valence-electron chi connectivity index (χ2n) is 7.95. The summed E-state index contributed by atoms with van der Waals surface area (Å²) in [4.78, 5) is 12.5. The first kappa shape index (κ1) is 23.4. The lowest BCUT2D eigenvalue weighted by atomic mass is 10.00. The predicted molar refractivity (Wildman–Crippen MR) is 120 cm³/mol. The molecule has 29 heavy (non-hydrogen) atoms. The van der Waals surface area contributed by atoms with Crippen LogP contribution in [0.25, 0.3) is 0 Å². The zero-order valence-electron chi connectivity index (χ0n) is 17.8. The van der Waals surface area contributed by atoms with E-state index in [1.165, 1.54) is 44.9 Å². The summed E-state index contributed by atoms with van der Waals surface area (Å²) in [5.74, 6) is -0.419. The lowest BCUT2D eigenvalue weighted by Gasteiger charge is -2.23. The number of sulfonamides is 1. The molecule has 0 aliphatic heterocycles. The largest absolute Gasteiger partial charge is 0.271 e. The van der Waals surface area contributed by atoms with Gasteiger partial charge in [-0.25, -0.2) is 13.8 Å². The number of hydrogen-bond donors (Lipinski definition) is 1. The number of carbonyl (C=O) groups excluding carboxylic acids is 1. The number of aryl methyl sites for hydroxylation is 1. The molecule has 1 fully saturated rings. The summed E-state index contributed by atoms with van der Waals surface area (Å²) in [5, 5.41) is 4.36. The molecule has 1 aromatic rings. The fourth-order valence-corrected chi connectivity index (χ4v) is 4.58. The Bertz CT molecular complexity index is 776. The van der Waals surface area contributed by atoms with Crippen molar-refractivity contribution < 1.29 is 13.2 Å². The van der Waals surface area contributed by atoms with Gasteiger partial charge in [0.15, 0.2) is 0 Å². The van der Waals surface area contributed by atoms with Gasteiger partial charge in [-0.05, 0) is 44.2 Å². The summed E-state index contributed by atoms with van der Waals surface area (Å²) in [6, 6.07) is 7.15. The van der Waals surface area contributed by atoms with Crippen LogP contribution >= 0.6 is 0 Å². The predicted octanol–water partition coefficient (Wildman–Crippen LogP) is 4.54. The number of para-hydroxylation sites is 1. The molecule has 1 aliphatic rings. The molecular formula is C22H35N3O3S. The molecular weight excluding hydrogens is 386 g/mol. The number of benzene rings is 1. The second-order valence-corrected chi connectivity index (χ2v) is 9.86. The summed E-state index contributed by atoms with van der Waals surface area (Å²) >= 11 is 0. The van der Waals surface area contributed by atoms with Gasteiger partial charge in [0.05, 0.1) is 11.9 Å². The summed E-state index contributed by atoms with van der Waals surface area (Å²) in [7, 11) is -3.58. The van der Waals surface area contributed by atoms with Gasteiger partial charge in [-0.3, -0.25) is 9.10 Å². The quantitative estimate of drug-likeness (QED) is 0.709. The molecule has 7 heteroatoms. The summed E-state index contributed by atoms with van der Waals surface area (Å²) < 4.78 is 25.6. The number of hydrazone groups is 1. The Kier molecular flexibility index (Phi) is 9.64. The van der Waals surface area contributed by atoms with Gasteiger partial charge in [-0.15, -0.1) is 0 Å². The highest BCUT2D eigenvalue weighted by atomic mass is 32.2. The van der Waals surface area contributed by atoms with Crippen molar-refractivity contribution in [3.05, 3.63) is 29.8 Å². The molecule has 1 aliphatic carbocycles. The van der Waals surface area contributed by atoms with E-state index >= 15 is 0 Å². The van der Waals surface area contributed by atoms with E-state index in [-0.39, 0.29) is 6.54 Å². The highest BCUT2D eigenvalue weighted by Gasteiger charge is 2.22. The molecule has 1 amide bonds. The minimum absolute atomic E-state index is 0.277. The number of nitrogens with zero attached hydrogens (tertiary/aromatic N) is 2. The van der Waals surface area contributed by atoms with Crippen LogP contribution in [0, 0.1) is 6.92 Å². The average molecular weight is 422 g/mol. The Morgan fingerprint density at radius 2 is 1.48 bits per heavy atom. The average Bonchev–Trinajstić information content (AvgIpc) is 2.65. The van der Waals surface area contributed by atoms with Crippen LogP contribution in [0.4, 0.5) is 5.69 Å². The van der Waals surface area contributed by atoms with Crippen LogP contribution in [0.1, 0.15) is 76.2 Å². The monoisotopic (exact) mass is 421 g/mol. The van der Waals surface area contributed by atoms with Gasteiger partial charge >= 0.3 is 0 Å². The molecule has 0 bridgehead atoms. The van der Waals surface area contributed by atoms with E-state index in [2.05, 4.69) is 10.5 Å². The van der Waals surface area contributed by atoms with Gasteiger partial charge in [0, 0.05) is 5.71 Å². The molecule has 1 aromatic carbocycles. The molecule has 0 unspecified atom stereocenters. The van der Waals surface area contributed by atoms with Crippen LogP contribution < -0.4 is 9.73 Å². The third-order valence-corrected chi connectivity index (χ3v) is 6.47. The topological polar surface area (TPSA) is 78.8 Å². The molecule has 0 atom stereocenters. The number of nitrogens with one attached hydrogen (secondary N) is 1. The molecule has 0 aromatic heterocycles. The van der Waals surface area contributed by atoms with Crippen molar-refractivity contribution in [2.45, 2.75) is 77.6 Å². The Balaban J connectivity index is 2.01. The van der Waals surface area contributed by atoms with E-state index in [1.807, 2.05) is 19.1 Å². The number of rotatable bonds is 5. The summed E-state index contributed by atoms with van der Waals surface area (Å²) in [5.41, 5.74) is 4.93. The van der Waals surface area contributed by atoms with Crippen LogP contribution in [0.2, 0.25) is 0 Å². The van der Waals surface area contributed by atoms with E-state index < -0.39 is 15.9 Å². The van der Waals surface area contributed by atoms with E-state index in [1.54, 1.807) is 12.1 Å². The number of anilines is 1. The maximum absolute atomic E-state index is 12.5. The third kappa shape index (κ3) is 8.56. The molecule has 2 rings (SSSR count). The molecule has 0 saturated heterocycles. The van der Waals surface area contributed by atoms with E-state index in [0.29, 0.717) is 5.69 Å². The zero-order chi connectivity index (χ0) is 21.1. The summed E-state index contributed by atoms with van der Waals surface area (Å²) in [6.07, 6.45) is 14.0. The maximum atomic E-state index is 12.5. The molecule has 162 valence electrons. The van der Waals surface area contributed by atoms with Crippen molar-refractivity contribution in [2.75, 3.05) is 17.1 Å². The van der Waals surface area contributed by atoms with Crippen molar-refractivity contribution >= 4 is 27.3 Å². The van der Waals surface area contributed by atoms with Crippen molar-refractivity contribution in [3.8, 4) is 0 Å². The Labute approximate surface area is 175 Å². The standard InChI is InChI=1S/C22H35N3O3S/c1-19-14-12-13-17-21(19)25(29(2,27)28)18-22(26)24-23-20-15-10-8-6-4-3-5-7-9-11-16-20/h12-14,17H,3-11,15-16,18H2,1-2H3,(H,24,26). The first-order valence-electron chi connectivity index (χ1n) is 10.8. The van der Waals surface area contributed by atoms with Crippen molar-refractivity contribution in [3.63, 3.8) is 0 Å². The SMILES string of the molecule is Cc1ccccc1N(CC(=O)NN=C1CCCCCCCCCCC1)S(C)(=O)=O. The molecule has 6 nitrogen and oxygen atoms in total. The first-order chi connectivity index (χ1) is 13.9. The van der Waals surface area contributed by atoms with Crippen molar-refractivity contribution in [2.24, 2.45) is 5.10 Å². The molecule has 0 heterocycles.